The van der Waals surface area contributed by atoms with E-state index < -0.39 is 11.9 Å². The fraction of sp³-hybridized carbons (Fsp3) is 0.318. The summed E-state index contributed by atoms with van der Waals surface area (Å²) in [4.78, 5) is 37.3. The summed E-state index contributed by atoms with van der Waals surface area (Å²) in [6.07, 6.45) is 0. The van der Waals surface area contributed by atoms with E-state index in [2.05, 4.69) is 16.0 Å². The molecule has 0 saturated carbocycles. The zero-order valence-corrected chi connectivity index (χ0v) is 17.6. The molecule has 0 heterocycles. The predicted octanol–water partition coefficient (Wildman–Crippen LogP) is 1.04. The monoisotopic (exact) mass is 415 g/mol. The molecule has 7 nitrogen and oxygen atoms in total. The number of carbonyl (C=O) groups excluding carboxylic acids is 3. The molecular formula is C22H28FN4O3+. The molecule has 0 aromatic heterocycles. The summed E-state index contributed by atoms with van der Waals surface area (Å²) in [6.45, 7) is 5.32. The second-order valence-electron chi connectivity index (χ2n) is 7.34. The Bertz CT molecular complexity index is 912. The molecule has 30 heavy (non-hydrogen) atoms. The molecule has 160 valence electrons. The van der Waals surface area contributed by atoms with Gasteiger partial charge in [0.1, 0.15) is 5.82 Å². The first-order valence-electron chi connectivity index (χ1n) is 9.69. The lowest BCUT2D eigenvalue weighted by atomic mass is 10.1. The molecule has 0 spiro atoms. The van der Waals surface area contributed by atoms with Crippen LogP contribution in [0.15, 0.2) is 42.5 Å². The molecule has 2 aromatic carbocycles. The van der Waals surface area contributed by atoms with Crippen LogP contribution >= 0.6 is 0 Å². The fourth-order valence-electron chi connectivity index (χ4n) is 2.92. The molecule has 0 bridgehead atoms. The van der Waals surface area contributed by atoms with Gasteiger partial charge in [0, 0.05) is 11.4 Å². The SMILES string of the molecule is Cc1cccc(C)c1NC(=O)CNC(=O)[C@@H](C)[NH+](C)CC(=O)Nc1cccc(F)c1. The van der Waals surface area contributed by atoms with Crippen LogP contribution in [-0.2, 0) is 14.4 Å². The highest BCUT2D eigenvalue weighted by molar-refractivity contribution is 5.96. The molecule has 0 aliphatic rings. The molecule has 0 aliphatic carbocycles. The van der Waals surface area contributed by atoms with E-state index in [1.807, 2.05) is 32.0 Å². The Morgan fingerprint density at radius 2 is 1.63 bits per heavy atom. The van der Waals surface area contributed by atoms with E-state index in [0.29, 0.717) is 10.6 Å². The van der Waals surface area contributed by atoms with Crippen LogP contribution in [0.4, 0.5) is 15.8 Å². The van der Waals surface area contributed by atoms with Gasteiger partial charge in [0.2, 0.25) is 5.91 Å². The van der Waals surface area contributed by atoms with Gasteiger partial charge in [0.25, 0.3) is 11.8 Å². The molecular weight excluding hydrogens is 387 g/mol. The standard InChI is InChI=1S/C22H27FN4O3/c1-14-7-5-8-15(2)21(14)26-19(28)12-24-22(30)16(3)27(4)13-20(29)25-18-10-6-9-17(23)11-18/h5-11,16H,12-13H2,1-4H3,(H,24,30)(H,25,29)(H,26,28)/p+1/t16-/m1/s1. The van der Waals surface area contributed by atoms with E-state index in [9.17, 15) is 18.8 Å². The number of quaternary nitrogens is 1. The highest BCUT2D eigenvalue weighted by Crippen LogP contribution is 2.18. The molecule has 4 N–H and O–H groups in total. The van der Waals surface area contributed by atoms with E-state index in [1.54, 1.807) is 20.0 Å². The number of likely N-dealkylation sites (N-methyl/N-ethyl adjacent to an activating group) is 1. The highest BCUT2D eigenvalue weighted by Gasteiger charge is 2.24. The van der Waals surface area contributed by atoms with Crippen molar-refractivity contribution in [3.05, 3.63) is 59.4 Å². The average Bonchev–Trinajstić information content (AvgIpc) is 2.68. The largest absolute Gasteiger partial charge is 0.342 e. The van der Waals surface area contributed by atoms with E-state index in [4.69, 9.17) is 0 Å². The van der Waals surface area contributed by atoms with Crippen molar-refractivity contribution < 1.29 is 23.7 Å². The number of aryl methyl sites for hydroxylation is 2. The van der Waals surface area contributed by atoms with Gasteiger partial charge < -0.3 is 20.9 Å². The van der Waals surface area contributed by atoms with Crippen molar-refractivity contribution in [2.75, 3.05) is 30.8 Å². The Hall–Kier alpha value is -3.26. The van der Waals surface area contributed by atoms with Crippen molar-refractivity contribution >= 4 is 29.1 Å². The summed E-state index contributed by atoms with van der Waals surface area (Å²) in [5, 5.41) is 8.01. The van der Waals surface area contributed by atoms with Gasteiger partial charge in [-0.2, -0.15) is 0 Å². The number of rotatable bonds is 8. The Kier molecular flexibility index (Phi) is 8.06. The van der Waals surface area contributed by atoms with Gasteiger partial charge in [0.15, 0.2) is 12.6 Å². The number of anilines is 2. The van der Waals surface area contributed by atoms with Crippen LogP contribution in [0.3, 0.4) is 0 Å². The topological polar surface area (TPSA) is 91.7 Å². The first kappa shape index (κ1) is 23.0. The maximum absolute atomic E-state index is 13.2. The van der Waals surface area contributed by atoms with Crippen molar-refractivity contribution in [3.8, 4) is 0 Å². The van der Waals surface area contributed by atoms with Gasteiger partial charge in [-0.15, -0.1) is 0 Å². The van der Waals surface area contributed by atoms with E-state index in [1.165, 1.54) is 18.2 Å². The molecule has 2 aromatic rings. The molecule has 1 unspecified atom stereocenters. The maximum atomic E-state index is 13.2. The van der Waals surface area contributed by atoms with Crippen LogP contribution in [0.2, 0.25) is 0 Å². The van der Waals surface area contributed by atoms with Gasteiger partial charge in [-0.05, 0) is 50.1 Å². The fourth-order valence-corrected chi connectivity index (χ4v) is 2.92. The van der Waals surface area contributed by atoms with Crippen molar-refractivity contribution in [1.29, 1.82) is 0 Å². The summed E-state index contributed by atoms with van der Waals surface area (Å²) in [6, 6.07) is 10.7. The number of nitrogens with one attached hydrogen (secondary N) is 4. The van der Waals surface area contributed by atoms with E-state index in [-0.39, 0.29) is 30.8 Å². The van der Waals surface area contributed by atoms with E-state index in [0.717, 1.165) is 16.8 Å². The predicted molar refractivity (Wildman–Crippen MR) is 114 cm³/mol. The van der Waals surface area contributed by atoms with Crippen LogP contribution in [0.5, 0.6) is 0 Å². The van der Waals surface area contributed by atoms with Crippen LogP contribution < -0.4 is 20.9 Å². The third-order valence-electron chi connectivity index (χ3n) is 4.85. The summed E-state index contributed by atoms with van der Waals surface area (Å²) in [7, 11) is 1.70. The van der Waals surface area contributed by atoms with Gasteiger partial charge in [-0.1, -0.05) is 24.3 Å². The molecule has 0 aliphatic heterocycles. The summed E-state index contributed by atoms with van der Waals surface area (Å²) < 4.78 is 13.2. The number of para-hydroxylation sites is 1. The molecule has 3 amide bonds. The summed E-state index contributed by atoms with van der Waals surface area (Å²) >= 11 is 0. The third-order valence-corrected chi connectivity index (χ3v) is 4.85. The minimum atomic E-state index is -0.559. The van der Waals surface area contributed by atoms with Gasteiger partial charge in [-0.3, -0.25) is 14.4 Å². The lowest BCUT2D eigenvalue weighted by Crippen LogP contribution is -3.15. The number of benzene rings is 2. The van der Waals surface area contributed by atoms with Crippen LogP contribution in [-0.4, -0.2) is 43.9 Å². The number of amides is 3. The second kappa shape index (κ2) is 10.5. The van der Waals surface area contributed by atoms with E-state index >= 15 is 0 Å². The minimum absolute atomic E-state index is 0.0136. The van der Waals surface area contributed by atoms with Gasteiger partial charge >= 0.3 is 0 Å². The zero-order valence-electron chi connectivity index (χ0n) is 17.6. The Balaban J connectivity index is 1.81. The quantitative estimate of drug-likeness (QED) is 0.519. The summed E-state index contributed by atoms with van der Waals surface area (Å²) in [5.41, 5.74) is 2.97. The minimum Gasteiger partial charge on any atom is -0.342 e. The second-order valence-corrected chi connectivity index (χ2v) is 7.34. The number of hydrogen-bond acceptors (Lipinski definition) is 3. The lowest BCUT2D eigenvalue weighted by Gasteiger charge is -2.20. The molecule has 0 fully saturated rings. The highest BCUT2D eigenvalue weighted by atomic mass is 19.1. The summed E-state index contributed by atoms with van der Waals surface area (Å²) in [5.74, 6) is -1.46. The van der Waals surface area contributed by atoms with Crippen molar-refractivity contribution in [2.45, 2.75) is 26.8 Å². The Labute approximate surface area is 175 Å². The van der Waals surface area contributed by atoms with Gasteiger partial charge in [-0.25, -0.2) is 4.39 Å². The third kappa shape index (κ3) is 6.66. The zero-order chi connectivity index (χ0) is 22.3. The van der Waals surface area contributed by atoms with Crippen LogP contribution in [0.25, 0.3) is 0 Å². The molecule has 8 heteroatoms. The number of carbonyl (C=O) groups is 3. The Morgan fingerprint density at radius 3 is 2.27 bits per heavy atom. The number of halogens is 1. The van der Waals surface area contributed by atoms with Crippen LogP contribution in [0, 0.1) is 19.7 Å². The first-order chi connectivity index (χ1) is 14.2. The average molecular weight is 415 g/mol. The molecule has 0 radical (unpaired) electrons. The first-order valence-corrected chi connectivity index (χ1v) is 9.69. The van der Waals surface area contributed by atoms with Crippen LogP contribution in [0.1, 0.15) is 18.1 Å². The molecule has 0 saturated heterocycles. The van der Waals surface area contributed by atoms with Crippen molar-refractivity contribution in [2.24, 2.45) is 0 Å². The van der Waals surface area contributed by atoms with Crippen molar-refractivity contribution in [3.63, 3.8) is 0 Å². The Morgan fingerprint density at radius 1 is 1.00 bits per heavy atom. The molecule has 2 rings (SSSR count). The number of hydrogen-bond donors (Lipinski definition) is 4. The lowest BCUT2D eigenvalue weighted by molar-refractivity contribution is -0.885. The smallest absolute Gasteiger partial charge is 0.279 e. The molecule has 2 atom stereocenters. The maximum Gasteiger partial charge on any atom is 0.279 e. The van der Waals surface area contributed by atoms with Gasteiger partial charge in [0.05, 0.1) is 13.6 Å². The van der Waals surface area contributed by atoms with Crippen molar-refractivity contribution in [1.82, 2.24) is 5.32 Å². The normalized spacial score (nSPS) is 12.6.